The van der Waals surface area contributed by atoms with Crippen molar-refractivity contribution in [2.45, 2.75) is 25.3 Å². The fourth-order valence-corrected chi connectivity index (χ4v) is 4.20. The first-order valence-electron chi connectivity index (χ1n) is 5.78. The Morgan fingerprint density at radius 3 is 2.88 bits per heavy atom. The molecule has 0 amide bonds. The molecular weight excluding hydrogens is 249 g/mol. The van der Waals surface area contributed by atoms with Gasteiger partial charge in [0.15, 0.2) is 0 Å². The van der Waals surface area contributed by atoms with Crippen molar-refractivity contribution >= 4 is 16.0 Å². The number of carbonyl (C=O) groups excluding carboxylic acids is 1. The van der Waals surface area contributed by atoms with Crippen LogP contribution in [0.2, 0.25) is 0 Å². The molecule has 0 unspecified atom stereocenters. The number of alkyl halides is 1. The van der Waals surface area contributed by atoms with Crippen LogP contribution in [-0.4, -0.2) is 50.3 Å². The molecule has 0 spiro atoms. The maximum Gasteiger partial charge on any atom is 0.324 e. The van der Waals surface area contributed by atoms with Crippen LogP contribution in [0.15, 0.2) is 0 Å². The van der Waals surface area contributed by atoms with Crippen molar-refractivity contribution in [2.24, 2.45) is 5.92 Å². The van der Waals surface area contributed by atoms with Crippen LogP contribution in [0.4, 0.5) is 4.39 Å². The first kappa shape index (κ1) is 12.8. The molecule has 2 aliphatic rings. The van der Waals surface area contributed by atoms with Gasteiger partial charge < -0.3 is 4.74 Å². The van der Waals surface area contributed by atoms with Crippen LogP contribution >= 0.6 is 0 Å². The fraction of sp³-hybridized carbons (Fsp3) is 0.900. The van der Waals surface area contributed by atoms with Gasteiger partial charge >= 0.3 is 5.97 Å². The molecule has 7 heteroatoms. The van der Waals surface area contributed by atoms with Crippen molar-refractivity contribution in [3.63, 3.8) is 0 Å². The monoisotopic (exact) mass is 265 g/mol. The number of ether oxygens (including phenoxy) is 1. The van der Waals surface area contributed by atoms with Crippen LogP contribution in [0.25, 0.3) is 0 Å². The molecule has 0 bridgehead atoms. The van der Waals surface area contributed by atoms with E-state index in [0.717, 1.165) is 0 Å². The summed E-state index contributed by atoms with van der Waals surface area (Å²) in [5, 5.41) is 0. The SMILES string of the molecule is O=C1OCC[C@@H]2CCN(S(=O)(=O)CCCF)[C@@H]12. The second-order valence-electron chi connectivity index (χ2n) is 4.42. The second-order valence-corrected chi connectivity index (χ2v) is 6.46. The van der Waals surface area contributed by atoms with E-state index in [2.05, 4.69) is 0 Å². The highest BCUT2D eigenvalue weighted by Crippen LogP contribution is 2.33. The largest absolute Gasteiger partial charge is 0.464 e. The van der Waals surface area contributed by atoms with Gasteiger partial charge in [-0.2, -0.15) is 4.31 Å². The molecule has 5 nitrogen and oxygen atoms in total. The summed E-state index contributed by atoms with van der Waals surface area (Å²) in [6.45, 7) is 0.0586. The van der Waals surface area contributed by atoms with Gasteiger partial charge in [-0.15, -0.1) is 0 Å². The van der Waals surface area contributed by atoms with E-state index in [1.807, 2.05) is 0 Å². The quantitative estimate of drug-likeness (QED) is 0.686. The average Bonchev–Trinajstić information content (AvgIpc) is 2.72. The van der Waals surface area contributed by atoms with E-state index < -0.39 is 28.7 Å². The Kier molecular flexibility index (Phi) is 3.67. The van der Waals surface area contributed by atoms with E-state index in [4.69, 9.17) is 4.74 Å². The molecule has 2 fully saturated rings. The number of sulfonamides is 1. The molecule has 2 heterocycles. The Morgan fingerprint density at radius 1 is 1.41 bits per heavy atom. The molecule has 0 saturated carbocycles. The van der Waals surface area contributed by atoms with Gasteiger partial charge in [-0.25, -0.2) is 8.42 Å². The summed E-state index contributed by atoms with van der Waals surface area (Å²) in [7, 11) is -3.53. The predicted molar refractivity (Wildman–Crippen MR) is 58.6 cm³/mol. The molecule has 2 aliphatic heterocycles. The number of rotatable bonds is 4. The van der Waals surface area contributed by atoms with Gasteiger partial charge in [-0.1, -0.05) is 0 Å². The molecule has 17 heavy (non-hydrogen) atoms. The highest BCUT2D eigenvalue weighted by Gasteiger charge is 2.47. The summed E-state index contributed by atoms with van der Waals surface area (Å²) in [6, 6.07) is -0.673. The standard InChI is InChI=1S/C10H16FNO4S/c11-4-1-7-17(14,15)12-5-2-8-3-6-16-10(13)9(8)12/h8-9H,1-7H2/t8-,9+/m0/s1. The van der Waals surface area contributed by atoms with Gasteiger partial charge in [0, 0.05) is 6.54 Å². The molecule has 0 aliphatic carbocycles. The van der Waals surface area contributed by atoms with Crippen LogP contribution in [0.3, 0.4) is 0 Å². The van der Waals surface area contributed by atoms with Gasteiger partial charge in [0.05, 0.1) is 19.0 Å². The Bertz CT molecular complexity index is 397. The third kappa shape index (κ3) is 2.44. The van der Waals surface area contributed by atoms with Crippen LogP contribution in [0.1, 0.15) is 19.3 Å². The van der Waals surface area contributed by atoms with Crippen molar-refractivity contribution in [1.29, 1.82) is 0 Å². The van der Waals surface area contributed by atoms with E-state index in [1.165, 1.54) is 4.31 Å². The van der Waals surface area contributed by atoms with Crippen molar-refractivity contribution in [3.05, 3.63) is 0 Å². The first-order valence-corrected chi connectivity index (χ1v) is 7.39. The Morgan fingerprint density at radius 2 is 2.18 bits per heavy atom. The van der Waals surface area contributed by atoms with Gasteiger partial charge in [-0.05, 0) is 25.2 Å². The number of hydrogen-bond acceptors (Lipinski definition) is 4. The van der Waals surface area contributed by atoms with Crippen molar-refractivity contribution in [1.82, 2.24) is 4.31 Å². The summed E-state index contributed by atoms with van der Waals surface area (Å²) in [5.74, 6) is -0.626. The summed E-state index contributed by atoms with van der Waals surface area (Å²) < 4.78 is 42.0. The zero-order valence-corrected chi connectivity index (χ0v) is 10.3. The number of hydrogen-bond donors (Lipinski definition) is 0. The maximum absolute atomic E-state index is 12.0. The molecule has 0 aromatic heterocycles. The van der Waals surface area contributed by atoms with E-state index in [9.17, 15) is 17.6 Å². The molecule has 2 rings (SSSR count). The summed E-state index contributed by atoms with van der Waals surface area (Å²) in [5.41, 5.74) is 0. The van der Waals surface area contributed by atoms with Crippen LogP contribution in [-0.2, 0) is 19.6 Å². The second kappa shape index (κ2) is 4.89. The van der Waals surface area contributed by atoms with Crippen LogP contribution in [0.5, 0.6) is 0 Å². The number of carbonyl (C=O) groups is 1. The smallest absolute Gasteiger partial charge is 0.324 e. The minimum absolute atomic E-state index is 0.0226. The number of fused-ring (bicyclic) bond motifs is 1. The van der Waals surface area contributed by atoms with E-state index in [-0.39, 0.29) is 18.1 Å². The fourth-order valence-electron chi connectivity index (χ4n) is 2.50. The van der Waals surface area contributed by atoms with E-state index in [1.54, 1.807) is 0 Å². The number of nitrogens with zero attached hydrogens (tertiary/aromatic N) is 1. The van der Waals surface area contributed by atoms with E-state index >= 15 is 0 Å². The number of cyclic esters (lactones) is 1. The minimum Gasteiger partial charge on any atom is -0.464 e. The summed E-state index contributed by atoms with van der Waals surface area (Å²) >= 11 is 0. The third-order valence-electron chi connectivity index (χ3n) is 3.34. The van der Waals surface area contributed by atoms with Crippen LogP contribution < -0.4 is 0 Å². The molecule has 2 saturated heterocycles. The average molecular weight is 265 g/mol. The normalized spacial score (nSPS) is 30.1. The lowest BCUT2D eigenvalue weighted by molar-refractivity contribution is -0.153. The molecule has 0 radical (unpaired) electrons. The topological polar surface area (TPSA) is 63.7 Å². The lowest BCUT2D eigenvalue weighted by Gasteiger charge is -2.29. The highest BCUT2D eigenvalue weighted by molar-refractivity contribution is 7.89. The zero-order chi connectivity index (χ0) is 12.5. The molecule has 0 aromatic rings. The molecule has 0 aromatic carbocycles. The first-order chi connectivity index (χ1) is 8.06. The Labute approximate surface area is 100.0 Å². The molecule has 98 valence electrons. The van der Waals surface area contributed by atoms with Crippen molar-refractivity contribution in [3.8, 4) is 0 Å². The van der Waals surface area contributed by atoms with Crippen molar-refractivity contribution in [2.75, 3.05) is 25.6 Å². The Hall–Kier alpha value is -0.690. The maximum atomic E-state index is 12.0. The summed E-state index contributed by atoms with van der Waals surface area (Å²) in [4.78, 5) is 11.6. The number of halogens is 1. The minimum atomic E-state index is -3.53. The van der Waals surface area contributed by atoms with Crippen LogP contribution in [0, 0.1) is 5.92 Å². The van der Waals surface area contributed by atoms with E-state index in [0.29, 0.717) is 26.0 Å². The zero-order valence-electron chi connectivity index (χ0n) is 9.47. The lowest BCUT2D eigenvalue weighted by Crippen LogP contribution is -2.47. The molecule has 2 atom stereocenters. The van der Waals surface area contributed by atoms with Gasteiger partial charge in [0.25, 0.3) is 0 Å². The van der Waals surface area contributed by atoms with Gasteiger partial charge in [0.2, 0.25) is 10.0 Å². The van der Waals surface area contributed by atoms with Gasteiger partial charge in [0.1, 0.15) is 6.04 Å². The Balaban J connectivity index is 2.13. The van der Waals surface area contributed by atoms with Crippen molar-refractivity contribution < 1.29 is 22.3 Å². The highest BCUT2D eigenvalue weighted by atomic mass is 32.2. The lowest BCUT2D eigenvalue weighted by atomic mass is 9.96. The predicted octanol–water partition coefficient (Wildman–Crippen LogP) is 0.313. The molecular formula is C10H16FNO4S. The summed E-state index contributed by atoms with van der Waals surface area (Å²) in [6.07, 6.45) is 1.38. The van der Waals surface area contributed by atoms with Gasteiger partial charge in [-0.3, -0.25) is 9.18 Å². The molecule has 0 N–H and O–H groups in total. The number of esters is 1. The third-order valence-corrected chi connectivity index (χ3v) is 5.27.